The van der Waals surface area contributed by atoms with E-state index in [0.717, 1.165) is 31.3 Å². The van der Waals surface area contributed by atoms with Crippen molar-refractivity contribution in [2.45, 2.75) is 52.5 Å². The van der Waals surface area contributed by atoms with Crippen LogP contribution in [0.15, 0.2) is 5.16 Å². The van der Waals surface area contributed by atoms with E-state index in [1.807, 2.05) is 0 Å². The second-order valence-corrected chi connectivity index (χ2v) is 5.47. The second kappa shape index (κ2) is 6.84. The van der Waals surface area contributed by atoms with E-state index in [4.69, 9.17) is 10.9 Å². The van der Waals surface area contributed by atoms with Crippen molar-refractivity contribution < 1.29 is 5.21 Å². The topological polar surface area (TPSA) is 61.9 Å². The van der Waals surface area contributed by atoms with E-state index in [2.05, 4.69) is 30.8 Å². The molecule has 1 atom stereocenters. The number of nitrogens with two attached hydrogens (primary N) is 1. The number of hydrogen-bond acceptors (Lipinski definition) is 3. The summed E-state index contributed by atoms with van der Waals surface area (Å²) in [5, 5.41) is 11.7. The van der Waals surface area contributed by atoms with Gasteiger partial charge in [0.15, 0.2) is 0 Å². The zero-order valence-electron chi connectivity index (χ0n) is 11.4. The van der Waals surface area contributed by atoms with E-state index in [-0.39, 0.29) is 0 Å². The Labute approximate surface area is 105 Å². The molecule has 17 heavy (non-hydrogen) atoms. The van der Waals surface area contributed by atoms with Gasteiger partial charge in [-0.15, -0.1) is 0 Å². The van der Waals surface area contributed by atoms with E-state index in [1.54, 1.807) is 0 Å². The fourth-order valence-electron chi connectivity index (χ4n) is 2.77. The maximum absolute atomic E-state index is 8.64. The quantitative estimate of drug-likeness (QED) is 0.336. The van der Waals surface area contributed by atoms with Crippen molar-refractivity contribution in [3.63, 3.8) is 0 Å². The van der Waals surface area contributed by atoms with Crippen LogP contribution in [0.2, 0.25) is 0 Å². The number of likely N-dealkylation sites (tertiary alicyclic amines) is 1. The molecule has 0 aromatic heterocycles. The summed E-state index contributed by atoms with van der Waals surface area (Å²) in [6.07, 6.45) is 4.30. The molecule has 0 amide bonds. The molecule has 1 aliphatic rings. The highest BCUT2D eigenvalue weighted by Crippen LogP contribution is 2.26. The van der Waals surface area contributed by atoms with Gasteiger partial charge in [0.1, 0.15) is 5.84 Å². The van der Waals surface area contributed by atoms with E-state index in [0.29, 0.717) is 18.3 Å². The maximum Gasteiger partial charge on any atom is 0.140 e. The lowest BCUT2D eigenvalue weighted by Crippen LogP contribution is -2.43. The molecule has 0 aromatic carbocycles. The van der Waals surface area contributed by atoms with Gasteiger partial charge in [-0.1, -0.05) is 25.9 Å². The van der Waals surface area contributed by atoms with Crippen LogP contribution in [0.1, 0.15) is 46.5 Å². The number of nitrogens with zero attached hydrogens (tertiary/aromatic N) is 2. The number of amidine groups is 1. The van der Waals surface area contributed by atoms with Crippen LogP contribution in [-0.2, 0) is 0 Å². The van der Waals surface area contributed by atoms with Gasteiger partial charge in [0.2, 0.25) is 0 Å². The summed E-state index contributed by atoms with van der Waals surface area (Å²) in [4.78, 5) is 2.50. The summed E-state index contributed by atoms with van der Waals surface area (Å²) in [5.41, 5.74) is 5.60. The fourth-order valence-corrected chi connectivity index (χ4v) is 2.77. The Morgan fingerprint density at radius 2 is 2.00 bits per heavy atom. The molecule has 3 N–H and O–H groups in total. The molecule has 4 nitrogen and oxygen atoms in total. The van der Waals surface area contributed by atoms with Crippen molar-refractivity contribution in [2.75, 3.05) is 13.1 Å². The Morgan fingerprint density at radius 3 is 2.41 bits per heavy atom. The SMILES string of the molecule is CCC(CC(N)=NO)N1CCC(C(C)C)CC1. The standard InChI is InChI=1S/C13H27N3O/c1-4-12(9-13(14)15-17)16-7-5-11(6-8-16)10(2)3/h10-12,17H,4-9H2,1-3H3,(H2,14,15). The van der Waals surface area contributed by atoms with Gasteiger partial charge in [-0.2, -0.15) is 0 Å². The van der Waals surface area contributed by atoms with Crippen molar-refractivity contribution in [1.29, 1.82) is 0 Å². The molecule has 1 fully saturated rings. The predicted octanol–water partition coefficient (Wildman–Crippen LogP) is 2.27. The summed E-state index contributed by atoms with van der Waals surface area (Å²) in [6, 6.07) is 0.430. The summed E-state index contributed by atoms with van der Waals surface area (Å²) in [7, 11) is 0. The molecule has 0 bridgehead atoms. The minimum atomic E-state index is 0.350. The van der Waals surface area contributed by atoms with Gasteiger partial charge in [-0.05, 0) is 44.2 Å². The van der Waals surface area contributed by atoms with Crippen LogP contribution < -0.4 is 5.73 Å². The van der Waals surface area contributed by atoms with Gasteiger partial charge in [0, 0.05) is 12.5 Å². The number of hydrogen-bond donors (Lipinski definition) is 2. The Kier molecular flexibility index (Phi) is 5.75. The predicted molar refractivity (Wildman–Crippen MR) is 71.2 cm³/mol. The Balaban J connectivity index is 2.45. The molecule has 0 spiro atoms. The molecule has 0 aromatic rings. The van der Waals surface area contributed by atoms with Gasteiger partial charge < -0.3 is 10.9 Å². The van der Waals surface area contributed by atoms with Crippen LogP contribution in [0.3, 0.4) is 0 Å². The van der Waals surface area contributed by atoms with Gasteiger partial charge >= 0.3 is 0 Å². The molecule has 1 saturated heterocycles. The zero-order valence-corrected chi connectivity index (χ0v) is 11.4. The largest absolute Gasteiger partial charge is 0.409 e. The van der Waals surface area contributed by atoms with Crippen molar-refractivity contribution in [1.82, 2.24) is 4.90 Å². The minimum Gasteiger partial charge on any atom is -0.409 e. The molecular formula is C13H27N3O. The molecule has 100 valence electrons. The average molecular weight is 241 g/mol. The van der Waals surface area contributed by atoms with Gasteiger partial charge in [0.05, 0.1) is 0 Å². The fraction of sp³-hybridized carbons (Fsp3) is 0.923. The smallest absolute Gasteiger partial charge is 0.140 e. The average Bonchev–Trinajstić information content (AvgIpc) is 2.35. The van der Waals surface area contributed by atoms with Gasteiger partial charge in [-0.25, -0.2) is 0 Å². The monoisotopic (exact) mass is 241 g/mol. The van der Waals surface area contributed by atoms with Crippen LogP contribution in [0.4, 0.5) is 0 Å². The van der Waals surface area contributed by atoms with Crippen LogP contribution in [0.5, 0.6) is 0 Å². The van der Waals surface area contributed by atoms with Crippen LogP contribution >= 0.6 is 0 Å². The van der Waals surface area contributed by atoms with Crippen molar-refractivity contribution in [2.24, 2.45) is 22.7 Å². The van der Waals surface area contributed by atoms with E-state index in [9.17, 15) is 0 Å². The van der Waals surface area contributed by atoms with Crippen molar-refractivity contribution in [3.8, 4) is 0 Å². The number of piperidine rings is 1. The number of oxime groups is 1. The highest BCUT2D eigenvalue weighted by Gasteiger charge is 2.26. The first-order valence-electron chi connectivity index (χ1n) is 6.78. The molecule has 1 rings (SSSR count). The summed E-state index contributed by atoms with van der Waals surface area (Å²) in [6.45, 7) is 9.10. The lowest BCUT2D eigenvalue weighted by atomic mass is 9.86. The lowest BCUT2D eigenvalue weighted by molar-refractivity contribution is 0.114. The Bertz CT molecular complexity index is 245. The van der Waals surface area contributed by atoms with Crippen molar-refractivity contribution in [3.05, 3.63) is 0 Å². The van der Waals surface area contributed by atoms with E-state index < -0.39 is 0 Å². The third kappa shape index (κ3) is 4.19. The molecule has 0 saturated carbocycles. The molecule has 0 radical (unpaired) electrons. The van der Waals surface area contributed by atoms with E-state index in [1.165, 1.54) is 12.8 Å². The molecule has 1 unspecified atom stereocenters. The highest BCUT2D eigenvalue weighted by atomic mass is 16.4. The second-order valence-electron chi connectivity index (χ2n) is 5.47. The first-order valence-corrected chi connectivity index (χ1v) is 6.78. The van der Waals surface area contributed by atoms with Crippen molar-refractivity contribution >= 4 is 5.84 Å². The zero-order chi connectivity index (χ0) is 12.8. The van der Waals surface area contributed by atoms with Gasteiger partial charge in [-0.3, -0.25) is 4.90 Å². The maximum atomic E-state index is 8.64. The Morgan fingerprint density at radius 1 is 1.41 bits per heavy atom. The number of rotatable bonds is 5. The summed E-state index contributed by atoms with van der Waals surface area (Å²) < 4.78 is 0. The van der Waals surface area contributed by atoms with Crippen LogP contribution in [-0.4, -0.2) is 35.1 Å². The molecular weight excluding hydrogens is 214 g/mol. The van der Waals surface area contributed by atoms with Gasteiger partial charge in [0.25, 0.3) is 0 Å². The molecule has 1 heterocycles. The summed E-state index contributed by atoms with van der Waals surface area (Å²) >= 11 is 0. The first-order chi connectivity index (χ1) is 8.08. The highest BCUT2D eigenvalue weighted by molar-refractivity contribution is 5.80. The molecule has 0 aliphatic carbocycles. The lowest BCUT2D eigenvalue weighted by Gasteiger charge is -2.38. The van der Waals surface area contributed by atoms with Crippen LogP contribution in [0, 0.1) is 11.8 Å². The minimum absolute atomic E-state index is 0.350. The normalized spacial score (nSPS) is 22.0. The summed E-state index contributed by atoms with van der Waals surface area (Å²) in [5.74, 6) is 2.01. The third-order valence-electron chi connectivity index (χ3n) is 4.08. The first kappa shape index (κ1) is 14.3. The molecule has 4 heteroatoms. The molecule has 1 aliphatic heterocycles. The Hall–Kier alpha value is -0.770. The third-order valence-corrected chi connectivity index (χ3v) is 4.08. The van der Waals surface area contributed by atoms with E-state index >= 15 is 0 Å². The van der Waals surface area contributed by atoms with Crippen LogP contribution in [0.25, 0.3) is 0 Å².